The van der Waals surface area contributed by atoms with Gasteiger partial charge in [-0.1, -0.05) is 23.4 Å². The smallest absolute Gasteiger partial charge is 0.234 e. The minimum atomic E-state index is -0.137. The van der Waals surface area contributed by atoms with Crippen molar-refractivity contribution in [3.63, 3.8) is 0 Å². The Labute approximate surface area is 131 Å². The van der Waals surface area contributed by atoms with Crippen LogP contribution in [-0.4, -0.2) is 33.5 Å². The van der Waals surface area contributed by atoms with Gasteiger partial charge in [-0.25, -0.2) is 0 Å². The van der Waals surface area contributed by atoms with E-state index in [0.717, 1.165) is 5.82 Å². The number of ether oxygens (including phenoxy) is 1. The summed E-state index contributed by atoms with van der Waals surface area (Å²) in [6, 6.07) is 5.09. The van der Waals surface area contributed by atoms with Gasteiger partial charge >= 0.3 is 0 Å². The molecule has 6 nitrogen and oxygen atoms in total. The highest BCUT2D eigenvalue weighted by Crippen LogP contribution is 2.27. The van der Waals surface area contributed by atoms with Crippen molar-refractivity contribution < 1.29 is 9.53 Å². The van der Waals surface area contributed by atoms with Crippen molar-refractivity contribution in [3.05, 3.63) is 29.0 Å². The number of halogens is 1. The van der Waals surface area contributed by atoms with E-state index in [0.29, 0.717) is 21.6 Å². The number of amides is 1. The van der Waals surface area contributed by atoms with Crippen LogP contribution in [0.3, 0.4) is 0 Å². The average Bonchev–Trinajstić information content (AvgIpc) is 2.77. The second kappa shape index (κ2) is 6.82. The van der Waals surface area contributed by atoms with Crippen molar-refractivity contribution in [1.82, 2.24) is 14.8 Å². The van der Waals surface area contributed by atoms with E-state index in [4.69, 9.17) is 16.3 Å². The molecule has 1 aromatic carbocycles. The van der Waals surface area contributed by atoms with Crippen LogP contribution in [0.25, 0.3) is 0 Å². The maximum Gasteiger partial charge on any atom is 0.234 e. The van der Waals surface area contributed by atoms with Crippen LogP contribution in [0.4, 0.5) is 5.69 Å². The van der Waals surface area contributed by atoms with Gasteiger partial charge < -0.3 is 14.6 Å². The summed E-state index contributed by atoms with van der Waals surface area (Å²) >= 11 is 7.33. The van der Waals surface area contributed by atoms with Crippen LogP contribution in [-0.2, 0) is 11.8 Å². The van der Waals surface area contributed by atoms with Crippen LogP contribution in [0.15, 0.2) is 23.4 Å². The molecule has 112 valence electrons. The summed E-state index contributed by atoms with van der Waals surface area (Å²) < 4.78 is 6.89. The Morgan fingerprint density at radius 1 is 1.48 bits per heavy atom. The lowest BCUT2D eigenvalue weighted by Crippen LogP contribution is -2.14. The van der Waals surface area contributed by atoms with E-state index in [1.165, 1.54) is 11.8 Å². The highest BCUT2D eigenvalue weighted by atomic mass is 35.5. The summed E-state index contributed by atoms with van der Waals surface area (Å²) in [6.07, 6.45) is 0. The normalized spacial score (nSPS) is 10.5. The number of nitrogens with zero attached hydrogens (tertiary/aromatic N) is 3. The molecule has 0 radical (unpaired) electrons. The summed E-state index contributed by atoms with van der Waals surface area (Å²) in [7, 11) is 3.40. The summed E-state index contributed by atoms with van der Waals surface area (Å²) in [6.45, 7) is 1.86. The third-order valence-corrected chi connectivity index (χ3v) is 4.14. The number of nitrogens with one attached hydrogen (secondary N) is 1. The van der Waals surface area contributed by atoms with Gasteiger partial charge in [0.15, 0.2) is 5.16 Å². The monoisotopic (exact) mass is 326 g/mol. The van der Waals surface area contributed by atoms with Gasteiger partial charge in [-0.3, -0.25) is 4.79 Å². The first-order chi connectivity index (χ1) is 10.0. The van der Waals surface area contributed by atoms with Crippen molar-refractivity contribution in [1.29, 1.82) is 0 Å². The summed E-state index contributed by atoms with van der Waals surface area (Å²) in [5, 5.41) is 11.9. The fourth-order valence-electron chi connectivity index (χ4n) is 1.58. The molecule has 0 aliphatic heterocycles. The minimum Gasteiger partial charge on any atom is -0.495 e. The van der Waals surface area contributed by atoms with Gasteiger partial charge in [-0.2, -0.15) is 0 Å². The molecule has 0 aliphatic carbocycles. The van der Waals surface area contributed by atoms with Gasteiger partial charge in [0, 0.05) is 12.7 Å². The van der Waals surface area contributed by atoms with E-state index in [-0.39, 0.29) is 11.7 Å². The molecule has 0 aliphatic rings. The predicted molar refractivity (Wildman–Crippen MR) is 83.1 cm³/mol. The third-order valence-electron chi connectivity index (χ3n) is 2.82. The molecule has 0 unspecified atom stereocenters. The predicted octanol–water partition coefficient (Wildman–Crippen LogP) is 2.52. The molecule has 8 heteroatoms. The zero-order valence-electron chi connectivity index (χ0n) is 11.9. The molecule has 2 aromatic rings. The molecule has 0 saturated heterocycles. The first-order valence-corrected chi connectivity index (χ1v) is 7.50. The van der Waals surface area contributed by atoms with Crippen LogP contribution < -0.4 is 10.1 Å². The number of aryl methyl sites for hydroxylation is 1. The van der Waals surface area contributed by atoms with E-state index in [1.54, 1.807) is 25.3 Å². The van der Waals surface area contributed by atoms with Gasteiger partial charge in [-0.05, 0) is 25.1 Å². The molecule has 21 heavy (non-hydrogen) atoms. The Kier molecular flexibility index (Phi) is 5.08. The third kappa shape index (κ3) is 3.89. The van der Waals surface area contributed by atoms with Crippen molar-refractivity contribution in [2.45, 2.75) is 12.1 Å². The molecule has 0 spiro atoms. The van der Waals surface area contributed by atoms with Crippen LogP contribution in [0.2, 0.25) is 5.02 Å². The number of hydrogen-bond acceptors (Lipinski definition) is 5. The standard InChI is InChI=1S/C13H15ClN4O2S/c1-8-16-17-13(18(8)2)21-7-12(19)15-9-4-5-11(20-3)10(14)6-9/h4-6H,7H2,1-3H3,(H,15,19). The number of hydrogen-bond donors (Lipinski definition) is 1. The van der Waals surface area contributed by atoms with Crippen LogP contribution >= 0.6 is 23.4 Å². The van der Waals surface area contributed by atoms with Crippen LogP contribution in [0, 0.1) is 6.92 Å². The van der Waals surface area contributed by atoms with Gasteiger partial charge in [0.25, 0.3) is 0 Å². The van der Waals surface area contributed by atoms with Gasteiger partial charge in [0.1, 0.15) is 11.6 Å². The number of benzene rings is 1. The zero-order valence-corrected chi connectivity index (χ0v) is 13.5. The molecule has 1 N–H and O–H groups in total. The molecule has 1 amide bonds. The number of carbonyl (C=O) groups is 1. The van der Waals surface area contributed by atoms with Crippen LogP contribution in [0.5, 0.6) is 5.75 Å². The second-order valence-corrected chi connectivity index (χ2v) is 5.62. The van der Waals surface area contributed by atoms with Gasteiger partial charge in [0.2, 0.25) is 5.91 Å². The number of carbonyl (C=O) groups excluding carboxylic acids is 1. The molecule has 1 heterocycles. The fourth-order valence-corrected chi connectivity index (χ4v) is 2.60. The first-order valence-electron chi connectivity index (χ1n) is 6.13. The highest BCUT2D eigenvalue weighted by Gasteiger charge is 2.10. The Balaban J connectivity index is 1.93. The SMILES string of the molecule is COc1ccc(NC(=O)CSc2nnc(C)n2C)cc1Cl. The number of methoxy groups -OCH3 is 1. The molecule has 1 aromatic heterocycles. The minimum absolute atomic E-state index is 0.137. The topological polar surface area (TPSA) is 69.0 Å². The van der Waals surface area contributed by atoms with Crippen molar-refractivity contribution in [2.75, 3.05) is 18.2 Å². The summed E-state index contributed by atoms with van der Waals surface area (Å²) in [5.41, 5.74) is 0.626. The average molecular weight is 327 g/mol. The quantitative estimate of drug-likeness (QED) is 0.855. The van der Waals surface area contributed by atoms with Crippen molar-refractivity contribution in [2.24, 2.45) is 7.05 Å². The highest BCUT2D eigenvalue weighted by molar-refractivity contribution is 7.99. The zero-order chi connectivity index (χ0) is 15.4. The van der Waals surface area contributed by atoms with E-state index in [9.17, 15) is 4.79 Å². The number of aromatic nitrogens is 3. The second-order valence-electron chi connectivity index (χ2n) is 4.27. The molecule has 2 rings (SSSR count). The maximum absolute atomic E-state index is 11.9. The maximum atomic E-state index is 11.9. The van der Waals surface area contributed by atoms with Gasteiger partial charge in [0.05, 0.1) is 17.9 Å². The largest absolute Gasteiger partial charge is 0.495 e. The lowest BCUT2D eigenvalue weighted by molar-refractivity contribution is -0.113. The number of rotatable bonds is 5. The van der Waals surface area contributed by atoms with E-state index < -0.39 is 0 Å². The van der Waals surface area contributed by atoms with Crippen molar-refractivity contribution >= 4 is 35.0 Å². The van der Waals surface area contributed by atoms with E-state index >= 15 is 0 Å². The molecule has 0 atom stereocenters. The molecule has 0 fully saturated rings. The molecular formula is C13H15ClN4O2S. The van der Waals surface area contributed by atoms with Crippen LogP contribution in [0.1, 0.15) is 5.82 Å². The number of thioether (sulfide) groups is 1. The Hall–Kier alpha value is -1.73. The Morgan fingerprint density at radius 3 is 2.81 bits per heavy atom. The number of anilines is 1. The summed E-state index contributed by atoms with van der Waals surface area (Å²) in [5.74, 6) is 1.48. The Morgan fingerprint density at radius 2 is 2.24 bits per heavy atom. The lowest BCUT2D eigenvalue weighted by atomic mass is 10.3. The fraction of sp³-hybridized carbons (Fsp3) is 0.308. The van der Waals surface area contributed by atoms with E-state index in [1.807, 2.05) is 18.5 Å². The van der Waals surface area contributed by atoms with Crippen molar-refractivity contribution in [3.8, 4) is 5.75 Å². The Bertz CT molecular complexity index is 660. The summed E-state index contributed by atoms with van der Waals surface area (Å²) in [4.78, 5) is 11.9. The molecule has 0 bridgehead atoms. The first kappa shape index (κ1) is 15.7. The lowest BCUT2D eigenvalue weighted by Gasteiger charge is -2.08. The molecule has 0 saturated carbocycles. The van der Waals surface area contributed by atoms with Gasteiger partial charge in [-0.15, -0.1) is 10.2 Å². The van der Waals surface area contributed by atoms with E-state index in [2.05, 4.69) is 15.5 Å². The molecular weight excluding hydrogens is 312 g/mol.